The lowest BCUT2D eigenvalue weighted by Gasteiger charge is -2.09. The second-order valence-corrected chi connectivity index (χ2v) is 5.57. The van der Waals surface area contributed by atoms with E-state index in [-0.39, 0.29) is 23.0 Å². The molecule has 2 atom stereocenters. The maximum atomic E-state index is 11.4. The van der Waals surface area contributed by atoms with E-state index in [2.05, 4.69) is 5.32 Å². The maximum Gasteiger partial charge on any atom is 0.286 e. The van der Waals surface area contributed by atoms with Gasteiger partial charge in [0.25, 0.3) is 5.24 Å². The van der Waals surface area contributed by atoms with Crippen LogP contribution in [0.25, 0.3) is 0 Å². The minimum atomic E-state index is -0.510. The van der Waals surface area contributed by atoms with Crippen LogP contribution >= 0.6 is 11.8 Å². The van der Waals surface area contributed by atoms with Gasteiger partial charge in [-0.2, -0.15) is 0 Å². The Hall–Kier alpha value is -1.53. The fraction of sp³-hybridized carbons (Fsp3) is 0.385. The Morgan fingerprint density at radius 3 is 2.58 bits per heavy atom. The van der Waals surface area contributed by atoms with Crippen LogP contribution in [-0.4, -0.2) is 34.2 Å². The number of carbonyl (C=O) groups excluding carboxylic acids is 2. The third-order valence-electron chi connectivity index (χ3n) is 2.60. The molecule has 2 N–H and O–H groups in total. The third kappa shape index (κ3) is 3.97. The van der Waals surface area contributed by atoms with Gasteiger partial charge in [-0.1, -0.05) is 23.9 Å². The van der Waals surface area contributed by atoms with E-state index in [1.54, 1.807) is 19.1 Å². The van der Waals surface area contributed by atoms with E-state index in [0.717, 1.165) is 17.3 Å². The molecule has 0 aromatic heterocycles. The fourth-order valence-electron chi connectivity index (χ4n) is 1.68. The lowest BCUT2D eigenvalue weighted by atomic mass is 10.1. The van der Waals surface area contributed by atoms with Gasteiger partial charge in [0.15, 0.2) is 0 Å². The Bertz CT molecular complexity index is 472. The predicted octanol–water partition coefficient (Wildman–Crippen LogP) is 1.34. The predicted molar refractivity (Wildman–Crippen MR) is 72.2 cm³/mol. The van der Waals surface area contributed by atoms with Gasteiger partial charge in [0.05, 0.1) is 11.4 Å². The van der Waals surface area contributed by atoms with Gasteiger partial charge >= 0.3 is 0 Å². The molecule has 6 heteroatoms. The van der Waals surface area contributed by atoms with Crippen molar-refractivity contribution in [2.45, 2.75) is 24.7 Å². The molecular formula is C13H15NO4S. The molecule has 19 heavy (non-hydrogen) atoms. The summed E-state index contributed by atoms with van der Waals surface area (Å²) >= 11 is 1.02. The topological polar surface area (TPSA) is 75.6 Å². The molecule has 0 saturated carbocycles. The molecule has 1 aliphatic rings. The molecule has 2 unspecified atom stereocenters. The number of hydrogen-bond acceptors (Lipinski definition) is 5. The van der Waals surface area contributed by atoms with Crippen LogP contribution in [0.2, 0.25) is 0 Å². The number of rotatable bonds is 5. The number of amides is 2. The summed E-state index contributed by atoms with van der Waals surface area (Å²) in [5.74, 6) is 0.439. The summed E-state index contributed by atoms with van der Waals surface area (Å²) in [4.78, 5) is 22.5. The lowest BCUT2D eigenvalue weighted by Crippen LogP contribution is -2.25. The average molecular weight is 281 g/mol. The highest BCUT2D eigenvalue weighted by Crippen LogP contribution is 2.23. The first-order valence-corrected chi connectivity index (χ1v) is 6.84. The van der Waals surface area contributed by atoms with E-state index in [0.29, 0.717) is 12.2 Å². The van der Waals surface area contributed by atoms with Crippen LogP contribution in [0.15, 0.2) is 24.3 Å². The number of carbonyl (C=O) groups is 2. The molecule has 1 fully saturated rings. The van der Waals surface area contributed by atoms with Crippen LogP contribution in [0.4, 0.5) is 4.79 Å². The molecule has 5 nitrogen and oxygen atoms in total. The number of ether oxygens (including phenoxy) is 1. The highest BCUT2D eigenvalue weighted by atomic mass is 32.2. The van der Waals surface area contributed by atoms with Gasteiger partial charge < -0.3 is 9.84 Å². The molecule has 1 aliphatic heterocycles. The van der Waals surface area contributed by atoms with Crippen molar-refractivity contribution >= 4 is 22.9 Å². The summed E-state index contributed by atoms with van der Waals surface area (Å²) < 4.78 is 5.34. The van der Waals surface area contributed by atoms with Crippen molar-refractivity contribution in [3.8, 4) is 5.75 Å². The average Bonchev–Trinajstić information content (AvgIpc) is 2.67. The van der Waals surface area contributed by atoms with Crippen molar-refractivity contribution in [2.24, 2.45) is 0 Å². The zero-order valence-electron chi connectivity index (χ0n) is 10.5. The Kier molecular flexibility index (Phi) is 4.44. The van der Waals surface area contributed by atoms with Crippen LogP contribution < -0.4 is 10.1 Å². The number of hydrogen-bond donors (Lipinski definition) is 2. The van der Waals surface area contributed by atoms with Gasteiger partial charge in [0.2, 0.25) is 5.91 Å². The molecular weight excluding hydrogens is 266 g/mol. The minimum absolute atomic E-state index is 0.232. The van der Waals surface area contributed by atoms with Crippen LogP contribution in [0.5, 0.6) is 5.75 Å². The smallest absolute Gasteiger partial charge is 0.286 e. The van der Waals surface area contributed by atoms with Gasteiger partial charge in [0, 0.05) is 0 Å². The van der Waals surface area contributed by atoms with Gasteiger partial charge in [-0.3, -0.25) is 14.9 Å². The molecule has 0 bridgehead atoms. The van der Waals surface area contributed by atoms with E-state index in [1.165, 1.54) is 0 Å². The first-order valence-electron chi connectivity index (χ1n) is 5.96. The molecule has 1 heterocycles. The molecule has 1 saturated heterocycles. The van der Waals surface area contributed by atoms with Gasteiger partial charge in [-0.05, 0) is 31.0 Å². The Morgan fingerprint density at radius 1 is 1.37 bits per heavy atom. The SMILES string of the molecule is CC(O)COc1ccc(CC2SC(=O)NC2=O)cc1. The first-order chi connectivity index (χ1) is 9.04. The van der Waals surface area contributed by atoms with E-state index in [1.807, 2.05) is 12.1 Å². The number of imide groups is 1. The standard InChI is InChI=1S/C13H15NO4S/c1-8(15)7-18-10-4-2-9(3-5-10)6-11-12(16)14-13(17)19-11/h2-5,8,11,15H,6-7H2,1H3,(H,14,16,17). The summed E-state index contributed by atoms with van der Waals surface area (Å²) in [5.41, 5.74) is 0.965. The zero-order chi connectivity index (χ0) is 13.8. The van der Waals surface area contributed by atoms with Gasteiger partial charge in [0.1, 0.15) is 12.4 Å². The van der Waals surface area contributed by atoms with Crippen molar-refractivity contribution in [3.05, 3.63) is 29.8 Å². The largest absolute Gasteiger partial charge is 0.491 e. The Balaban J connectivity index is 1.91. The third-order valence-corrected chi connectivity index (χ3v) is 3.58. The number of aliphatic hydroxyl groups excluding tert-OH is 1. The lowest BCUT2D eigenvalue weighted by molar-refractivity contribution is -0.118. The van der Waals surface area contributed by atoms with E-state index >= 15 is 0 Å². The quantitative estimate of drug-likeness (QED) is 0.852. The molecule has 2 rings (SSSR count). The summed E-state index contributed by atoms with van der Waals surface area (Å²) in [5, 5.41) is 10.7. The van der Waals surface area contributed by atoms with Gasteiger partial charge in [-0.15, -0.1) is 0 Å². The Labute approximate surface area is 115 Å². The normalized spacial score (nSPS) is 20.2. The summed E-state index contributed by atoms with van der Waals surface area (Å²) in [6.07, 6.45) is 0.00289. The minimum Gasteiger partial charge on any atom is -0.491 e. The van der Waals surface area contributed by atoms with Crippen LogP contribution in [0.3, 0.4) is 0 Å². The van der Waals surface area contributed by atoms with E-state index in [4.69, 9.17) is 9.84 Å². The number of thioether (sulfide) groups is 1. The van der Waals surface area contributed by atoms with E-state index < -0.39 is 6.10 Å². The fourth-order valence-corrected chi connectivity index (χ4v) is 2.54. The van der Waals surface area contributed by atoms with Crippen molar-refractivity contribution in [1.82, 2.24) is 5.32 Å². The number of benzene rings is 1. The summed E-state index contributed by atoms with van der Waals surface area (Å²) in [6.45, 7) is 1.90. The highest BCUT2D eigenvalue weighted by Gasteiger charge is 2.31. The monoisotopic (exact) mass is 281 g/mol. The zero-order valence-corrected chi connectivity index (χ0v) is 11.3. The van der Waals surface area contributed by atoms with E-state index in [9.17, 15) is 9.59 Å². The van der Waals surface area contributed by atoms with Crippen molar-refractivity contribution in [3.63, 3.8) is 0 Å². The molecule has 1 aromatic carbocycles. The maximum absolute atomic E-state index is 11.4. The van der Waals surface area contributed by atoms with Crippen molar-refractivity contribution < 1.29 is 19.4 Å². The van der Waals surface area contributed by atoms with Crippen molar-refractivity contribution in [2.75, 3.05) is 6.61 Å². The summed E-state index contributed by atoms with van der Waals surface area (Å²) in [6, 6.07) is 7.29. The highest BCUT2D eigenvalue weighted by molar-refractivity contribution is 8.15. The molecule has 2 amide bonds. The Morgan fingerprint density at radius 2 is 2.05 bits per heavy atom. The molecule has 0 aliphatic carbocycles. The molecule has 0 spiro atoms. The van der Waals surface area contributed by atoms with Crippen molar-refractivity contribution in [1.29, 1.82) is 0 Å². The first kappa shape index (κ1) is 13.9. The molecule has 0 radical (unpaired) electrons. The van der Waals surface area contributed by atoms with Crippen LogP contribution in [0.1, 0.15) is 12.5 Å². The number of nitrogens with one attached hydrogen (secondary N) is 1. The van der Waals surface area contributed by atoms with Crippen LogP contribution in [-0.2, 0) is 11.2 Å². The summed E-state index contributed by atoms with van der Waals surface area (Å²) in [7, 11) is 0. The molecule has 102 valence electrons. The number of aliphatic hydroxyl groups is 1. The van der Waals surface area contributed by atoms with Gasteiger partial charge in [-0.25, -0.2) is 0 Å². The second-order valence-electron chi connectivity index (χ2n) is 4.39. The molecule has 1 aromatic rings. The second kappa shape index (κ2) is 6.08. The van der Waals surface area contributed by atoms with Crippen LogP contribution in [0, 0.1) is 0 Å².